The predicted molar refractivity (Wildman–Crippen MR) is 72.3 cm³/mol. The molecule has 2 unspecified atom stereocenters. The Hall–Kier alpha value is -1.14. The molecule has 0 radical (unpaired) electrons. The van der Waals surface area contributed by atoms with E-state index in [0.29, 0.717) is 6.42 Å². The Labute approximate surface area is 108 Å². The molecule has 1 saturated heterocycles. The summed E-state index contributed by atoms with van der Waals surface area (Å²) >= 11 is 0. The number of nitrogens with two attached hydrogens (primary N) is 1. The molecular weight excluding hydrogens is 250 g/mol. The van der Waals surface area contributed by atoms with E-state index in [1.165, 1.54) is 0 Å². The van der Waals surface area contributed by atoms with Crippen LogP contribution in [0.5, 0.6) is 0 Å². The third kappa shape index (κ3) is 2.81. The first-order valence-corrected chi connectivity index (χ1v) is 7.86. The maximum absolute atomic E-state index is 11.5. The van der Waals surface area contributed by atoms with Crippen molar-refractivity contribution >= 4 is 15.5 Å². The molecule has 2 heterocycles. The minimum absolute atomic E-state index is 0.0537. The Morgan fingerprint density at radius 1 is 1.50 bits per heavy atom. The van der Waals surface area contributed by atoms with Gasteiger partial charge in [0.1, 0.15) is 0 Å². The third-order valence-corrected chi connectivity index (χ3v) is 5.15. The first kappa shape index (κ1) is 13.3. The van der Waals surface area contributed by atoms with Crippen molar-refractivity contribution in [1.82, 2.24) is 4.98 Å². The highest BCUT2D eigenvalue weighted by Crippen LogP contribution is 2.22. The molecule has 18 heavy (non-hydrogen) atoms. The summed E-state index contributed by atoms with van der Waals surface area (Å²) in [7, 11) is -0.941. The van der Waals surface area contributed by atoms with E-state index in [0.717, 1.165) is 11.4 Å². The first-order valence-electron chi connectivity index (χ1n) is 6.04. The molecule has 1 aliphatic rings. The van der Waals surface area contributed by atoms with Gasteiger partial charge in [0.15, 0.2) is 9.84 Å². The van der Waals surface area contributed by atoms with Crippen LogP contribution in [0.3, 0.4) is 0 Å². The van der Waals surface area contributed by atoms with E-state index in [1.807, 2.05) is 31.0 Å². The number of aromatic nitrogens is 1. The summed E-state index contributed by atoms with van der Waals surface area (Å²) < 4.78 is 22.9. The number of hydrogen-bond acceptors (Lipinski definition) is 5. The molecule has 0 aromatic carbocycles. The molecule has 5 nitrogen and oxygen atoms in total. The Morgan fingerprint density at radius 3 is 2.67 bits per heavy atom. The summed E-state index contributed by atoms with van der Waals surface area (Å²) in [5, 5.41) is 0. The SMILES string of the molecule is CC(N)c1ccc(N(C)C2CCS(=O)(=O)C2)cn1. The Morgan fingerprint density at radius 2 is 2.22 bits per heavy atom. The molecule has 0 bridgehead atoms. The van der Waals surface area contributed by atoms with E-state index < -0.39 is 9.84 Å². The molecule has 0 aliphatic carbocycles. The largest absolute Gasteiger partial charge is 0.369 e. The molecule has 1 aromatic rings. The number of hydrogen-bond donors (Lipinski definition) is 1. The maximum atomic E-state index is 11.5. The third-order valence-electron chi connectivity index (χ3n) is 3.40. The molecule has 0 spiro atoms. The highest BCUT2D eigenvalue weighted by molar-refractivity contribution is 7.91. The zero-order valence-corrected chi connectivity index (χ0v) is 11.5. The van der Waals surface area contributed by atoms with Crippen molar-refractivity contribution in [2.24, 2.45) is 5.73 Å². The standard InChI is InChI=1S/C12H19N3O2S/c1-9(13)12-4-3-10(7-14-12)15(2)11-5-6-18(16,17)8-11/h3-4,7,9,11H,5-6,8,13H2,1-2H3. The quantitative estimate of drug-likeness (QED) is 0.875. The van der Waals surface area contributed by atoms with E-state index in [-0.39, 0.29) is 23.6 Å². The van der Waals surface area contributed by atoms with Crippen LogP contribution >= 0.6 is 0 Å². The average Bonchev–Trinajstić information content (AvgIpc) is 2.69. The summed E-state index contributed by atoms with van der Waals surface area (Å²) in [5.41, 5.74) is 7.51. The Kier molecular flexibility index (Phi) is 3.59. The number of sulfone groups is 1. The number of rotatable bonds is 3. The van der Waals surface area contributed by atoms with E-state index in [4.69, 9.17) is 5.73 Å². The summed E-state index contributed by atoms with van der Waals surface area (Å²) in [6.07, 6.45) is 2.44. The first-order chi connectivity index (χ1) is 8.39. The van der Waals surface area contributed by atoms with E-state index in [1.54, 1.807) is 6.20 Å². The Balaban J connectivity index is 2.12. The van der Waals surface area contributed by atoms with Gasteiger partial charge >= 0.3 is 0 Å². The van der Waals surface area contributed by atoms with Gasteiger partial charge in [-0.3, -0.25) is 4.98 Å². The average molecular weight is 269 g/mol. The molecular formula is C12H19N3O2S. The summed E-state index contributed by atoms with van der Waals surface area (Å²) in [6.45, 7) is 1.88. The van der Waals surface area contributed by atoms with E-state index in [2.05, 4.69) is 4.98 Å². The molecule has 0 saturated carbocycles. The fourth-order valence-corrected chi connectivity index (χ4v) is 3.94. The summed E-state index contributed by atoms with van der Waals surface area (Å²) in [5.74, 6) is 0.520. The maximum Gasteiger partial charge on any atom is 0.152 e. The van der Waals surface area contributed by atoms with Crippen LogP contribution in [0.2, 0.25) is 0 Å². The highest BCUT2D eigenvalue weighted by Gasteiger charge is 2.30. The van der Waals surface area contributed by atoms with Crippen LogP contribution in [-0.4, -0.2) is 38.0 Å². The van der Waals surface area contributed by atoms with Crippen LogP contribution in [0.25, 0.3) is 0 Å². The van der Waals surface area contributed by atoms with Gasteiger partial charge in [-0.15, -0.1) is 0 Å². The zero-order valence-electron chi connectivity index (χ0n) is 10.7. The molecule has 2 atom stereocenters. The van der Waals surface area contributed by atoms with Gasteiger partial charge < -0.3 is 10.6 Å². The lowest BCUT2D eigenvalue weighted by atomic mass is 10.2. The highest BCUT2D eigenvalue weighted by atomic mass is 32.2. The van der Waals surface area contributed by atoms with Crippen molar-refractivity contribution in [3.8, 4) is 0 Å². The van der Waals surface area contributed by atoms with Gasteiger partial charge in [-0.1, -0.05) is 0 Å². The van der Waals surface area contributed by atoms with Crippen LogP contribution in [0.15, 0.2) is 18.3 Å². The minimum Gasteiger partial charge on any atom is -0.369 e. The second-order valence-corrected chi connectivity index (χ2v) is 7.13. The zero-order chi connectivity index (χ0) is 13.3. The molecule has 1 fully saturated rings. The molecule has 1 aliphatic heterocycles. The van der Waals surface area contributed by atoms with Gasteiger partial charge in [0.25, 0.3) is 0 Å². The molecule has 0 amide bonds. The van der Waals surface area contributed by atoms with Gasteiger partial charge in [-0.05, 0) is 25.5 Å². The fraction of sp³-hybridized carbons (Fsp3) is 0.583. The second kappa shape index (κ2) is 4.85. The number of nitrogens with zero attached hydrogens (tertiary/aromatic N) is 2. The van der Waals surface area contributed by atoms with Gasteiger partial charge in [0.05, 0.1) is 29.1 Å². The van der Waals surface area contributed by atoms with Crippen LogP contribution in [0.4, 0.5) is 5.69 Å². The molecule has 1 aromatic heterocycles. The van der Waals surface area contributed by atoms with Crippen molar-refractivity contribution < 1.29 is 8.42 Å². The molecule has 6 heteroatoms. The van der Waals surface area contributed by atoms with Crippen LogP contribution in [0.1, 0.15) is 25.1 Å². The van der Waals surface area contributed by atoms with Gasteiger partial charge in [-0.2, -0.15) is 0 Å². The van der Waals surface area contributed by atoms with Crippen LogP contribution < -0.4 is 10.6 Å². The monoisotopic (exact) mass is 269 g/mol. The fourth-order valence-electron chi connectivity index (χ4n) is 2.17. The van der Waals surface area contributed by atoms with Gasteiger partial charge in [0, 0.05) is 19.1 Å². The number of anilines is 1. The van der Waals surface area contributed by atoms with Gasteiger partial charge in [0.2, 0.25) is 0 Å². The lowest BCUT2D eigenvalue weighted by Crippen LogP contribution is -2.32. The molecule has 2 N–H and O–H groups in total. The van der Waals surface area contributed by atoms with Crippen molar-refractivity contribution in [3.05, 3.63) is 24.0 Å². The van der Waals surface area contributed by atoms with Crippen molar-refractivity contribution in [1.29, 1.82) is 0 Å². The molecule has 100 valence electrons. The topological polar surface area (TPSA) is 76.3 Å². The van der Waals surface area contributed by atoms with Crippen LogP contribution in [-0.2, 0) is 9.84 Å². The van der Waals surface area contributed by atoms with E-state index >= 15 is 0 Å². The smallest absolute Gasteiger partial charge is 0.152 e. The van der Waals surface area contributed by atoms with Crippen molar-refractivity contribution in [3.63, 3.8) is 0 Å². The summed E-state index contributed by atoms with van der Waals surface area (Å²) in [6, 6.07) is 3.80. The van der Waals surface area contributed by atoms with Crippen LogP contribution in [0, 0.1) is 0 Å². The van der Waals surface area contributed by atoms with E-state index in [9.17, 15) is 8.42 Å². The number of pyridine rings is 1. The van der Waals surface area contributed by atoms with Crippen molar-refractivity contribution in [2.75, 3.05) is 23.5 Å². The second-order valence-electron chi connectivity index (χ2n) is 4.90. The lowest BCUT2D eigenvalue weighted by molar-refractivity contribution is 0.601. The minimum atomic E-state index is -2.85. The summed E-state index contributed by atoms with van der Waals surface area (Å²) in [4.78, 5) is 6.28. The predicted octanol–water partition coefficient (Wildman–Crippen LogP) is 0.725. The normalized spacial score (nSPS) is 23.8. The van der Waals surface area contributed by atoms with Gasteiger partial charge in [-0.25, -0.2) is 8.42 Å². The molecule has 2 rings (SSSR count). The Bertz CT molecular complexity index is 511. The lowest BCUT2D eigenvalue weighted by Gasteiger charge is -2.25. The van der Waals surface area contributed by atoms with Crippen molar-refractivity contribution in [2.45, 2.75) is 25.4 Å².